The molecule has 0 aliphatic carbocycles. The van der Waals surface area contributed by atoms with Crippen molar-refractivity contribution in [1.29, 1.82) is 0 Å². The number of non-ortho nitro benzene ring substituents is 2. The molecule has 0 spiro atoms. The van der Waals surface area contributed by atoms with Gasteiger partial charge in [-0.05, 0) is 49.3 Å². The molecule has 1 aliphatic rings. The highest BCUT2D eigenvalue weighted by molar-refractivity contribution is 7.89. The quantitative estimate of drug-likeness (QED) is 0.349. The second-order valence-electron chi connectivity index (χ2n) is 7.15. The van der Waals surface area contributed by atoms with Crippen LogP contribution in [-0.2, 0) is 10.0 Å². The van der Waals surface area contributed by atoms with Crippen LogP contribution in [0.15, 0.2) is 47.4 Å². The van der Waals surface area contributed by atoms with Gasteiger partial charge in [-0.2, -0.15) is 4.31 Å². The van der Waals surface area contributed by atoms with Crippen molar-refractivity contribution in [1.82, 2.24) is 9.62 Å². The van der Waals surface area contributed by atoms with Gasteiger partial charge in [0.05, 0.1) is 26.4 Å². The van der Waals surface area contributed by atoms with Crippen LogP contribution in [0.3, 0.4) is 0 Å². The summed E-state index contributed by atoms with van der Waals surface area (Å²) in [5.41, 5.74) is -1.15. The lowest BCUT2D eigenvalue weighted by Crippen LogP contribution is -2.35. The molecular formula is C19H19N5O7S2. The lowest BCUT2D eigenvalue weighted by Gasteiger charge is -2.25. The molecule has 1 saturated heterocycles. The first kappa shape index (κ1) is 24.2. The highest BCUT2D eigenvalue weighted by Gasteiger charge is 2.26. The highest BCUT2D eigenvalue weighted by Crippen LogP contribution is 2.23. The fraction of sp³-hybridized carbons (Fsp3) is 0.263. The lowest BCUT2D eigenvalue weighted by molar-refractivity contribution is -0.394. The standard InChI is InChI=1S/C19H19N5O7S2/c25-18(13-10-15(23(26)27)12-16(11-13)24(28)29)21-19(32)20-14-4-6-17(7-5-14)33(30,31)22-8-2-1-3-9-22/h4-7,10-12H,1-3,8-9H2,(H2,20,21,25,32). The van der Waals surface area contributed by atoms with E-state index in [1.54, 1.807) is 0 Å². The van der Waals surface area contributed by atoms with E-state index in [1.165, 1.54) is 28.6 Å². The van der Waals surface area contributed by atoms with Gasteiger partial charge in [0.1, 0.15) is 0 Å². The summed E-state index contributed by atoms with van der Waals surface area (Å²) in [6, 6.07) is 8.32. The van der Waals surface area contributed by atoms with Gasteiger partial charge >= 0.3 is 0 Å². The first-order valence-corrected chi connectivity index (χ1v) is 11.6. The maximum absolute atomic E-state index is 12.7. The number of amides is 1. The smallest absolute Gasteiger partial charge is 0.277 e. The lowest BCUT2D eigenvalue weighted by atomic mass is 10.1. The summed E-state index contributed by atoms with van der Waals surface area (Å²) in [7, 11) is -3.59. The molecular weight excluding hydrogens is 474 g/mol. The van der Waals surface area contributed by atoms with E-state index in [2.05, 4.69) is 10.6 Å². The molecule has 2 aromatic rings. The number of nitrogens with zero attached hydrogens (tertiary/aromatic N) is 3. The summed E-state index contributed by atoms with van der Waals surface area (Å²) in [5, 5.41) is 26.8. The Morgan fingerprint density at radius 2 is 1.48 bits per heavy atom. The number of sulfonamides is 1. The third kappa shape index (κ3) is 5.85. The van der Waals surface area contributed by atoms with E-state index in [0.29, 0.717) is 18.8 Å². The molecule has 1 amide bonds. The third-order valence-corrected chi connectivity index (χ3v) is 7.00. The van der Waals surface area contributed by atoms with E-state index >= 15 is 0 Å². The molecule has 1 aliphatic heterocycles. The average Bonchev–Trinajstić information content (AvgIpc) is 2.79. The molecule has 0 atom stereocenters. The van der Waals surface area contributed by atoms with Gasteiger partial charge in [-0.15, -0.1) is 0 Å². The summed E-state index contributed by atoms with van der Waals surface area (Å²) in [4.78, 5) is 32.8. The second-order valence-corrected chi connectivity index (χ2v) is 9.50. The zero-order chi connectivity index (χ0) is 24.2. The Hall–Kier alpha value is -3.49. The van der Waals surface area contributed by atoms with Crippen molar-refractivity contribution in [3.05, 3.63) is 68.3 Å². The first-order chi connectivity index (χ1) is 15.6. The number of piperidine rings is 1. The number of nitrogens with one attached hydrogen (secondary N) is 2. The minimum absolute atomic E-state index is 0.133. The van der Waals surface area contributed by atoms with E-state index in [0.717, 1.165) is 37.5 Å². The molecule has 174 valence electrons. The fourth-order valence-electron chi connectivity index (χ4n) is 3.24. The molecule has 0 radical (unpaired) electrons. The fourth-order valence-corrected chi connectivity index (χ4v) is 4.97. The van der Waals surface area contributed by atoms with Crippen LogP contribution in [0.5, 0.6) is 0 Å². The van der Waals surface area contributed by atoms with Crippen LogP contribution in [0.1, 0.15) is 29.6 Å². The Labute approximate surface area is 193 Å². The van der Waals surface area contributed by atoms with E-state index in [-0.39, 0.29) is 15.6 Å². The van der Waals surface area contributed by atoms with Crippen molar-refractivity contribution in [3.63, 3.8) is 0 Å². The van der Waals surface area contributed by atoms with Crippen LogP contribution in [0.2, 0.25) is 0 Å². The number of benzene rings is 2. The Balaban J connectivity index is 1.68. The Kier molecular flexibility index (Phi) is 7.30. The molecule has 0 bridgehead atoms. The summed E-state index contributed by atoms with van der Waals surface area (Å²) in [5.74, 6) is -0.886. The molecule has 1 heterocycles. The molecule has 0 saturated carbocycles. The SMILES string of the molecule is O=C(NC(=S)Nc1ccc(S(=O)(=O)N2CCCCC2)cc1)c1cc([N+](=O)[O-])cc([N+](=O)[O-])c1. The van der Waals surface area contributed by atoms with E-state index < -0.39 is 37.2 Å². The van der Waals surface area contributed by atoms with Gasteiger partial charge in [0, 0.05) is 30.9 Å². The van der Waals surface area contributed by atoms with Gasteiger partial charge in [0.2, 0.25) is 10.0 Å². The Morgan fingerprint density at radius 1 is 0.939 bits per heavy atom. The largest absolute Gasteiger partial charge is 0.332 e. The number of nitro groups is 2. The molecule has 3 rings (SSSR count). The number of nitro benzene ring substituents is 2. The average molecular weight is 494 g/mol. The summed E-state index contributed by atoms with van der Waals surface area (Å²) in [6.45, 7) is 0.961. The predicted molar refractivity (Wildman–Crippen MR) is 122 cm³/mol. The zero-order valence-electron chi connectivity index (χ0n) is 17.1. The highest BCUT2D eigenvalue weighted by atomic mass is 32.2. The summed E-state index contributed by atoms with van der Waals surface area (Å²) in [6.07, 6.45) is 2.64. The van der Waals surface area contributed by atoms with Crippen LogP contribution in [-0.4, -0.2) is 46.7 Å². The van der Waals surface area contributed by atoms with Gasteiger partial charge < -0.3 is 5.32 Å². The number of carbonyl (C=O) groups excluding carboxylic acids is 1. The summed E-state index contributed by atoms with van der Waals surface area (Å²) >= 11 is 5.05. The molecule has 2 N–H and O–H groups in total. The molecule has 1 fully saturated rings. The normalized spacial score (nSPS) is 14.3. The molecule has 0 unspecified atom stereocenters. The van der Waals surface area contributed by atoms with E-state index in [4.69, 9.17) is 12.2 Å². The molecule has 12 nitrogen and oxygen atoms in total. The van der Waals surface area contributed by atoms with Gasteiger partial charge in [-0.1, -0.05) is 6.42 Å². The number of carbonyl (C=O) groups is 1. The Bertz CT molecular complexity index is 1180. The number of hydrogen-bond acceptors (Lipinski definition) is 8. The van der Waals surface area contributed by atoms with Crippen LogP contribution in [0, 0.1) is 20.2 Å². The number of thiocarbonyl (C=S) groups is 1. The van der Waals surface area contributed by atoms with Crippen LogP contribution in [0.4, 0.5) is 17.1 Å². The van der Waals surface area contributed by atoms with Crippen molar-refractivity contribution in [2.75, 3.05) is 18.4 Å². The van der Waals surface area contributed by atoms with Gasteiger partial charge in [-0.3, -0.25) is 30.3 Å². The topological polar surface area (TPSA) is 165 Å². The van der Waals surface area contributed by atoms with Crippen molar-refractivity contribution in [2.24, 2.45) is 0 Å². The molecule has 0 aromatic heterocycles. The van der Waals surface area contributed by atoms with E-state index in [1.807, 2.05) is 0 Å². The van der Waals surface area contributed by atoms with Crippen LogP contribution < -0.4 is 10.6 Å². The molecule has 14 heteroatoms. The predicted octanol–water partition coefficient (Wildman–Crippen LogP) is 2.80. The Morgan fingerprint density at radius 3 is 2.00 bits per heavy atom. The van der Waals surface area contributed by atoms with Crippen LogP contribution >= 0.6 is 12.2 Å². The summed E-state index contributed by atoms with van der Waals surface area (Å²) < 4.78 is 26.8. The first-order valence-electron chi connectivity index (χ1n) is 9.74. The minimum Gasteiger partial charge on any atom is -0.332 e. The maximum atomic E-state index is 12.7. The van der Waals surface area contributed by atoms with Crippen LogP contribution in [0.25, 0.3) is 0 Å². The van der Waals surface area contributed by atoms with Crippen molar-refractivity contribution in [3.8, 4) is 0 Å². The molecule has 2 aromatic carbocycles. The second kappa shape index (κ2) is 9.97. The maximum Gasteiger partial charge on any atom is 0.277 e. The van der Waals surface area contributed by atoms with E-state index in [9.17, 15) is 33.4 Å². The van der Waals surface area contributed by atoms with Gasteiger partial charge in [-0.25, -0.2) is 8.42 Å². The van der Waals surface area contributed by atoms with Crippen molar-refractivity contribution in [2.45, 2.75) is 24.2 Å². The van der Waals surface area contributed by atoms with Crippen molar-refractivity contribution < 1.29 is 23.1 Å². The van der Waals surface area contributed by atoms with Gasteiger partial charge in [0.15, 0.2) is 5.11 Å². The van der Waals surface area contributed by atoms with Crippen molar-refractivity contribution >= 4 is 50.3 Å². The monoisotopic (exact) mass is 493 g/mol. The number of hydrogen-bond donors (Lipinski definition) is 2. The number of anilines is 1. The molecule has 33 heavy (non-hydrogen) atoms. The van der Waals surface area contributed by atoms with Gasteiger partial charge in [0.25, 0.3) is 17.3 Å². The zero-order valence-corrected chi connectivity index (χ0v) is 18.7. The number of rotatable bonds is 6. The third-order valence-electron chi connectivity index (χ3n) is 4.88. The minimum atomic E-state index is -3.59.